The van der Waals surface area contributed by atoms with Gasteiger partial charge in [0, 0.05) is 38.2 Å². The predicted molar refractivity (Wildman–Crippen MR) is 173 cm³/mol. The maximum Gasteiger partial charge on any atom is 0.319 e. The van der Waals surface area contributed by atoms with Crippen LogP contribution in [0.25, 0.3) is 0 Å². The molecule has 0 aliphatic carbocycles. The van der Waals surface area contributed by atoms with E-state index in [-0.39, 0.29) is 49.1 Å². The van der Waals surface area contributed by atoms with E-state index in [1.54, 1.807) is 27.9 Å². The number of hydrogen-bond donors (Lipinski definition) is 2. The molecule has 45 heavy (non-hydrogen) atoms. The maximum absolute atomic E-state index is 14.2. The van der Waals surface area contributed by atoms with Gasteiger partial charge in [-0.05, 0) is 87.0 Å². The molecular weight excluding hydrogens is 578 g/mol. The second kappa shape index (κ2) is 16.1. The molecule has 3 aliphatic heterocycles. The van der Waals surface area contributed by atoms with Crippen molar-refractivity contribution in [3.05, 3.63) is 12.2 Å². The zero-order chi connectivity index (χ0) is 33.7. The van der Waals surface area contributed by atoms with E-state index in [9.17, 15) is 19.8 Å². The molecule has 11 heteroatoms. The van der Waals surface area contributed by atoms with Gasteiger partial charge in [0.25, 0.3) is 0 Å². The molecule has 0 bridgehead atoms. The molecule has 2 N–H and O–H groups in total. The van der Waals surface area contributed by atoms with Crippen molar-refractivity contribution >= 4 is 11.8 Å². The van der Waals surface area contributed by atoms with Gasteiger partial charge in [0.15, 0.2) is 12.1 Å². The van der Waals surface area contributed by atoms with Crippen LogP contribution in [0.1, 0.15) is 67.2 Å². The van der Waals surface area contributed by atoms with Crippen LogP contribution in [0.3, 0.4) is 0 Å². The number of aliphatic hydroxyl groups is 2. The number of aliphatic hydroxyl groups excluding tert-OH is 2. The van der Waals surface area contributed by atoms with Crippen LogP contribution in [0.15, 0.2) is 12.2 Å². The van der Waals surface area contributed by atoms with E-state index in [1.807, 2.05) is 39.9 Å². The van der Waals surface area contributed by atoms with Gasteiger partial charge in [-0.1, -0.05) is 26.0 Å². The van der Waals surface area contributed by atoms with Crippen LogP contribution in [-0.2, 0) is 28.5 Å². The number of esters is 1. The highest BCUT2D eigenvalue weighted by Crippen LogP contribution is 2.38. The summed E-state index contributed by atoms with van der Waals surface area (Å²) in [6.07, 6.45) is 4.53. The number of likely N-dealkylation sites (N-methyl/N-ethyl adjacent to an activating group) is 2. The van der Waals surface area contributed by atoms with E-state index < -0.39 is 41.4 Å². The maximum atomic E-state index is 14.2. The summed E-state index contributed by atoms with van der Waals surface area (Å²) in [6, 6.07) is -0.206. The van der Waals surface area contributed by atoms with Crippen molar-refractivity contribution in [3.8, 4) is 0 Å². The Balaban J connectivity index is 1.92. The first-order chi connectivity index (χ1) is 21.0. The number of ketones is 1. The van der Waals surface area contributed by atoms with E-state index in [2.05, 4.69) is 28.9 Å². The quantitative estimate of drug-likeness (QED) is 0.231. The van der Waals surface area contributed by atoms with Gasteiger partial charge < -0.3 is 34.1 Å². The first-order valence-electron chi connectivity index (χ1n) is 16.7. The Bertz CT molecular complexity index is 1010. The molecule has 0 radical (unpaired) electrons. The summed E-state index contributed by atoms with van der Waals surface area (Å²) in [6.45, 7) is 13.6. The fourth-order valence-corrected chi connectivity index (χ4v) is 7.46. The van der Waals surface area contributed by atoms with Crippen LogP contribution in [0.4, 0.5) is 0 Å². The fourth-order valence-electron chi connectivity index (χ4n) is 7.46. The van der Waals surface area contributed by atoms with E-state index in [0.29, 0.717) is 25.9 Å². The standard InChI is InChI=1S/C34H61N3O8/c1-22-18-34(6,42-10)30(45-31-28(39)27(35(7)8)17-23(2)44-31)24(3)29(40)33(4,5)32(41)43-21-26(36(9)19-22)14-12-16-37-15-11-13-25(37)20-38/h12,14,22-28,30-31,38-39H,11,13,15-21H2,1-10H3/b14-12+/t22-,23-,24+,25-,26-,27+,28-,30-,31+,34-/m1/s1. The Morgan fingerprint density at radius 3 is 2.47 bits per heavy atom. The molecule has 10 atom stereocenters. The molecule has 3 fully saturated rings. The molecule has 11 nitrogen and oxygen atoms in total. The SMILES string of the molecule is CO[C@]1(C)C[C@@H](C)CN(C)[C@H](/C=C/CN2CCC[C@@H]2CO)COC(=O)C(C)(C)C(=O)[C@H](C)[C@H]1O[C@@H]1O[C@H](C)C[C@H](N(C)C)[C@H]1O. The number of methoxy groups -OCH3 is 1. The van der Waals surface area contributed by atoms with Crippen molar-refractivity contribution in [3.63, 3.8) is 0 Å². The Morgan fingerprint density at radius 1 is 1.16 bits per heavy atom. The van der Waals surface area contributed by atoms with Crippen molar-refractivity contribution in [2.24, 2.45) is 17.3 Å². The van der Waals surface area contributed by atoms with E-state index in [0.717, 1.165) is 19.4 Å². The van der Waals surface area contributed by atoms with Gasteiger partial charge in [-0.15, -0.1) is 0 Å². The third kappa shape index (κ3) is 9.13. The van der Waals surface area contributed by atoms with Crippen LogP contribution < -0.4 is 0 Å². The van der Waals surface area contributed by atoms with Gasteiger partial charge in [-0.25, -0.2) is 0 Å². The molecule has 3 rings (SSSR count). The minimum atomic E-state index is -1.45. The lowest BCUT2D eigenvalue weighted by Crippen LogP contribution is -2.59. The van der Waals surface area contributed by atoms with Gasteiger partial charge in [0.2, 0.25) is 0 Å². The van der Waals surface area contributed by atoms with Gasteiger partial charge in [0.1, 0.15) is 18.1 Å². The third-order valence-electron chi connectivity index (χ3n) is 10.3. The molecule has 0 unspecified atom stereocenters. The van der Waals surface area contributed by atoms with Crippen LogP contribution in [0.2, 0.25) is 0 Å². The Morgan fingerprint density at radius 2 is 1.84 bits per heavy atom. The average molecular weight is 640 g/mol. The summed E-state index contributed by atoms with van der Waals surface area (Å²) in [5.41, 5.74) is -2.39. The summed E-state index contributed by atoms with van der Waals surface area (Å²) in [4.78, 5) is 34.1. The number of hydrogen-bond acceptors (Lipinski definition) is 11. The van der Waals surface area contributed by atoms with Crippen LogP contribution in [-0.4, -0.2) is 146 Å². The Kier molecular flexibility index (Phi) is 13.6. The van der Waals surface area contributed by atoms with Crippen molar-refractivity contribution in [2.45, 2.75) is 116 Å². The molecule has 0 aromatic rings. The minimum absolute atomic E-state index is 0.108. The number of Topliss-reactive ketones (excluding diaryl/α,β-unsaturated/α-hetero) is 1. The van der Waals surface area contributed by atoms with Gasteiger partial charge >= 0.3 is 5.97 Å². The average Bonchev–Trinajstić information content (AvgIpc) is 3.44. The number of rotatable bonds is 8. The fraction of sp³-hybridized carbons (Fsp3) is 0.882. The topological polar surface area (TPSA) is 121 Å². The minimum Gasteiger partial charge on any atom is -0.463 e. The van der Waals surface area contributed by atoms with Gasteiger partial charge in [-0.2, -0.15) is 0 Å². The van der Waals surface area contributed by atoms with E-state index >= 15 is 0 Å². The van der Waals surface area contributed by atoms with E-state index in [1.165, 1.54) is 0 Å². The molecule has 3 heterocycles. The van der Waals surface area contributed by atoms with Crippen molar-refractivity contribution in [1.82, 2.24) is 14.7 Å². The highest BCUT2D eigenvalue weighted by atomic mass is 16.7. The zero-order valence-electron chi connectivity index (χ0n) is 29.4. The number of carbonyl (C=O) groups excluding carboxylic acids is 2. The number of likely N-dealkylation sites (tertiary alicyclic amines) is 1. The smallest absolute Gasteiger partial charge is 0.319 e. The summed E-state index contributed by atoms with van der Waals surface area (Å²) in [5.74, 6) is -1.58. The van der Waals surface area contributed by atoms with Crippen molar-refractivity contribution in [1.29, 1.82) is 0 Å². The molecule has 0 spiro atoms. The molecule has 3 aliphatic rings. The van der Waals surface area contributed by atoms with Crippen molar-refractivity contribution in [2.75, 3.05) is 61.1 Å². The first-order valence-corrected chi connectivity index (χ1v) is 16.7. The second-order valence-corrected chi connectivity index (χ2v) is 14.7. The molecule has 0 saturated carbocycles. The number of ether oxygens (including phenoxy) is 4. The lowest BCUT2D eigenvalue weighted by atomic mass is 9.74. The molecule has 3 saturated heterocycles. The molecular formula is C34H61N3O8. The second-order valence-electron chi connectivity index (χ2n) is 14.7. The summed E-state index contributed by atoms with van der Waals surface area (Å²) < 4.78 is 24.8. The normalized spacial score (nSPS) is 39.9. The highest BCUT2D eigenvalue weighted by molar-refractivity contribution is 6.04. The predicted octanol–water partition coefficient (Wildman–Crippen LogP) is 2.33. The summed E-state index contributed by atoms with van der Waals surface area (Å²) in [5, 5.41) is 21.0. The first kappa shape index (κ1) is 38.0. The number of carbonyl (C=O) groups is 2. The lowest BCUT2D eigenvalue weighted by molar-refractivity contribution is -0.295. The molecule has 260 valence electrons. The summed E-state index contributed by atoms with van der Waals surface area (Å²) in [7, 11) is 7.46. The van der Waals surface area contributed by atoms with Gasteiger partial charge in [0.05, 0.1) is 30.5 Å². The lowest BCUT2D eigenvalue weighted by Gasteiger charge is -2.47. The Labute approximate surface area is 271 Å². The highest BCUT2D eigenvalue weighted by Gasteiger charge is 2.51. The zero-order valence-corrected chi connectivity index (χ0v) is 29.4. The van der Waals surface area contributed by atoms with Crippen LogP contribution >= 0.6 is 0 Å². The third-order valence-corrected chi connectivity index (χ3v) is 10.3. The van der Waals surface area contributed by atoms with E-state index in [4.69, 9.17) is 18.9 Å². The Hall–Kier alpha value is -1.44. The van der Waals surface area contributed by atoms with Crippen LogP contribution in [0.5, 0.6) is 0 Å². The van der Waals surface area contributed by atoms with Gasteiger partial charge in [-0.3, -0.25) is 19.4 Å². The monoisotopic (exact) mass is 639 g/mol. The summed E-state index contributed by atoms with van der Waals surface area (Å²) >= 11 is 0. The molecule has 0 aromatic carbocycles. The molecule has 0 amide bonds. The van der Waals surface area contributed by atoms with Crippen LogP contribution in [0, 0.1) is 17.3 Å². The largest absolute Gasteiger partial charge is 0.463 e. The number of nitrogens with zero attached hydrogens (tertiary/aromatic N) is 3. The number of cyclic esters (lactones) is 1. The van der Waals surface area contributed by atoms with Crippen molar-refractivity contribution < 1.29 is 38.7 Å². The molecule has 0 aromatic heterocycles.